The standard InChI is InChI=1S/C22H17BrN4O6/c23-18-6-1-16(2-7-18)14-33-20-9-3-15(4-10-20)13-24-25-22(28)11-17-5-8-19(26(29)30)12-21(17)27(31)32/h1-10,12-13H,11,14H2,(H,25,28)/b24-13+. The Labute approximate surface area is 196 Å². The number of carbonyl (C=O) groups excluding carboxylic acids is 1. The molecule has 0 aromatic heterocycles. The van der Waals surface area contributed by atoms with Gasteiger partial charge in [-0.1, -0.05) is 28.1 Å². The molecule has 11 heteroatoms. The maximum absolute atomic E-state index is 12.1. The van der Waals surface area contributed by atoms with Gasteiger partial charge in [-0.15, -0.1) is 0 Å². The Bertz CT molecular complexity index is 1200. The molecular weight excluding hydrogens is 496 g/mol. The molecule has 0 heterocycles. The zero-order valence-electron chi connectivity index (χ0n) is 17.0. The van der Waals surface area contributed by atoms with Crippen molar-refractivity contribution < 1.29 is 19.4 Å². The number of rotatable bonds is 9. The summed E-state index contributed by atoms with van der Waals surface area (Å²) in [6.07, 6.45) is 1.06. The first-order chi connectivity index (χ1) is 15.8. The van der Waals surface area contributed by atoms with Crippen molar-refractivity contribution in [3.05, 3.63) is 108 Å². The number of nitro benzene ring substituents is 2. The topological polar surface area (TPSA) is 137 Å². The van der Waals surface area contributed by atoms with E-state index in [9.17, 15) is 25.0 Å². The molecule has 0 saturated carbocycles. The van der Waals surface area contributed by atoms with Crippen molar-refractivity contribution in [2.75, 3.05) is 0 Å². The van der Waals surface area contributed by atoms with Crippen molar-refractivity contribution in [1.29, 1.82) is 0 Å². The maximum atomic E-state index is 12.1. The molecule has 0 saturated heterocycles. The molecule has 0 aliphatic rings. The number of halogens is 1. The number of nitrogens with zero attached hydrogens (tertiary/aromatic N) is 3. The highest BCUT2D eigenvalue weighted by Crippen LogP contribution is 2.25. The molecule has 33 heavy (non-hydrogen) atoms. The zero-order valence-corrected chi connectivity index (χ0v) is 18.6. The molecule has 3 aromatic rings. The zero-order chi connectivity index (χ0) is 23.8. The second-order valence-corrected chi connectivity index (χ2v) is 7.70. The van der Waals surface area contributed by atoms with Gasteiger partial charge in [0.25, 0.3) is 11.4 Å². The molecule has 0 radical (unpaired) electrons. The summed E-state index contributed by atoms with van der Waals surface area (Å²) in [6.45, 7) is 0.422. The van der Waals surface area contributed by atoms with Crippen LogP contribution in [0.4, 0.5) is 11.4 Å². The van der Waals surface area contributed by atoms with Gasteiger partial charge in [-0.3, -0.25) is 25.0 Å². The molecule has 1 amide bonds. The van der Waals surface area contributed by atoms with Gasteiger partial charge < -0.3 is 4.74 Å². The minimum atomic E-state index is -0.765. The number of non-ortho nitro benzene ring substituents is 1. The fraction of sp³-hybridized carbons (Fsp3) is 0.0909. The van der Waals surface area contributed by atoms with Crippen molar-refractivity contribution in [3.8, 4) is 5.75 Å². The van der Waals surface area contributed by atoms with E-state index in [4.69, 9.17) is 4.74 Å². The highest BCUT2D eigenvalue weighted by Gasteiger charge is 2.20. The second kappa shape index (κ2) is 11.0. The van der Waals surface area contributed by atoms with E-state index in [1.807, 2.05) is 24.3 Å². The first-order valence-corrected chi connectivity index (χ1v) is 10.3. The van der Waals surface area contributed by atoms with Gasteiger partial charge in [-0.05, 0) is 53.6 Å². The highest BCUT2D eigenvalue weighted by atomic mass is 79.9. The highest BCUT2D eigenvalue weighted by molar-refractivity contribution is 9.10. The Morgan fingerprint density at radius 2 is 1.70 bits per heavy atom. The molecular formula is C22H17BrN4O6. The molecule has 0 fully saturated rings. The summed E-state index contributed by atoms with van der Waals surface area (Å²) >= 11 is 3.38. The lowest BCUT2D eigenvalue weighted by Gasteiger charge is -2.06. The molecule has 0 unspecified atom stereocenters. The smallest absolute Gasteiger partial charge is 0.279 e. The third-order valence-electron chi connectivity index (χ3n) is 4.43. The predicted molar refractivity (Wildman–Crippen MR) is 124 cm³/mol. The SMILES string of the molecule is O=C(Cc1ccc([N+](=O)[O-])cc1[N+](=O)[O-])N/N=C/c1ccc(OCc2ccc(Br)cc2)cc1. The molecule has 0 spiro atoms. The van der Waals surface area contributed by atoms with Crippen molar-refractivity contribution >= 4 is 39.4 Å². The molecule has 168 valence electrons. The Balaban J connectivity index is 1.53. The number of nitro groups is 2. The van der Waals surface area contributed by atoms with E-state index in [-0.39, 0.29) is 12.0 Å². The van der Waals surface area contributed by atoms with Gasteiger partial charge in [0.2, 0.25) is 5.91 Å². The lowest BCUT2D eigenvalue weighted by molar-refractivity contribution is -0.394. The minimum Gasteiger partial charge on any atom is -0.489 e. The van der Waals surface area contributed by atoms with Gasteiger partial charge in [0.15, 0.2) is 0 Å². The summed E-state index contributed by atoms with van der Waals surface area (Å²) in [4.78, 5) is 32.5. The molecule has 10 nitrogen and oxygen atoms in total. The van der Waals surface area contributed by atoms with Crippen LogP contribution in [0.5, 0.6) is 5.75 Å². The molecule has 0 atom stereocenters. The third-order valence-corrected chi connectivity index (χ3v) is 4.96. The maximum Gasteiger partial charge on any atom is 0.279 e. The minimum absolute atomic E-state index is 0.0468. The largest absolute Gasteiger partial charge is 0.489 e. The van der Waals surface area contributed by atoms with E-state index in [0.29, 0.717) is 17.9 Å². The van der Waals surface area contributed by atoms with Crippen LogP contribution in [0.15, 0.2) is 76.3 Å². The van der Waals surface area contributed by atoms with Crippen LogP contribution in [0.3, 0.4) is 0 Å². The van der Waals surface area contributed by atoms with Crippen molar-refractivity contribution in [3.63, 3.8) is 0 Å². The van der Waals surface area contributed by atoms with E-state index < -0.39 is 27.1 Å². The summed E-state index contributed by atoms with van der Waals surface area (Å²) in [5.41, 5.74) is 3.14. The molecule has 3 aromatic carbocycles. The van der Waals surface area contributed by atoms with E-state index in [1.165, 1.54) is 12.3 Å². The van der Waals surface area contributed by atoms with Gasteiger partial charge in [0.05, 0.1) is 28.5 Å². The van der Waals surface area contributed by atoms with Gasteiger partial charge in [-0.25, -0.2) is 5.43 Å². The second-order valence-electron chi connectivity index (χ2n) is 6.78. The van der Waals surface area contributed by atoms with E-state index in [1.54, 1.807) is 24.3 Å². The summed E-state index contributed by atoms with van der Waals surface area (Å²) in [5, 5.41) is 25.8. The number of benzene rings is 3. The first kappa shape index (κ1) is 23.5. The predicted octanol–water partition coefficient (Wildman–Crippen LogP) is 4.54. The summed E-state index contributed by atoms with van der Waals surface area (Å²) in [7, 11) is 0. The van der Waals surface area contributed by atoms with Crippen LogP contribution >= 0.6 is 15.9 Å². The van der Waals surface area contributed by atoms with Crippen LogP contribution in [-0.2, 0) is 17.8 Å². The number of hydrogen-bond acceptors (Lipinski definition) is 7. The Morgan fingerprint density at radius 1 is 1.00 bits per heavy atom. The van der Waals surface area contributed by atoms with E-state index in [2.05, 4.69) is 26.5 Å². The normalized spacial score (nSPS) is 10.7. The van der Waals surface area contributed by atoms with Crippen LogP contribution in [0, 0.1) is 20.2 Å². The van der Waals surface area contributed by atoms with E-state index in [0.717, 1.165) is 22.2 Å². The summed E-state index contributed by atoms with van der Waals surface area (Å²) < 4.78 is 6.72. The molecule has 0 aliphatic heterocycles. The van der Waals surface area contributed by atoms with Crippen LogP contribution in [-0.4, -0.2) is 22.0 Å². The number of carbonyl (C=O) groups is 1. The van der Waals surface area contributed by atoms with Crippen LogP contribution in [0.2, 0.25) is 0 Å². The number of hydrazone groups is 1. The first-order valence-electron chi connectivity index (χ1n) is 9.53. The number of amides is 1. The Hall–Kier alpha value is -4.12. The van der Waals surface area contributed by atoms with Crippen molar-refractivity contribution in [2.45, 2.75) is 13.0 Å². The third kappa shape index (κ3) is 6.94. The van der Waals surface area contributed by atoms with Crippen LogP contribution in [0.25, 0.3) is 0 Å². The van der Waals surface area contributed by atoms with Gasteiger partial charge >= 0.3 is 0 Å². The molecule has 0 bridgehead atoms. The fourth-order valence-electron chi connectivity index (χ4n) is 2.77. The summed E-state index contributed by atoms with van der Waals surface area (Å²) in [6, 6.07) is 18.0. The molecule has 1 N–H and O–H groups in total. The quantitative estimate of drug-likeness (QED) is 0.254. The average molecular weight is 513 g/mol. The van der Waals surface area contributed by atoms with Crippen LogP contribution < -0.4 is 10.2 Å². The van der Waals surface area contributed by atoms with Gasteiger partial charge in [0.1, 0.15) is 12.4 Å². The van der Waals surface area contributed by atoms with Gasteiger partial charge in [-0.2, -0.15) is 5.10 Å². The number of nitrogens with one attached hydrogen (secondary N) is 1. The summed E-state index contributed by atoms with van der Waals surface area (Å²) in [5.74, 6) is 0.0715. The van der Waals surface area contributed by atoms with E-state index >= 15 is 0 Å². The number of hydrogen-bond donors (Lipinski definition) is 1. The molecule has 0 aliphatic carbocycles. The van der Waals surface area contributed by atoms with Crippen molar-refractivity contribution in [2.24, 2.45) is 5.10 Å². The monoisotopic (exact) mass is 512 g/mol. The Morgan fingerprint density at radius 3 is 2.33 bits per heavy atom. The van der Waals surface area contributed by atoms with Crippen LogP contribution in [0.1, 0.15) is 16.7 Å². The lowest BCUT2D eigenvalue weighted by atomic mass is 10.1. The Kier molecular flexibility index (Phi) is 7.82. The fourth-order valence-corrected chi connectivity index (χ4v) is 3.04. The molecule has 3 rings (SSSR count). The van der Waals surface area contributed by atoms with Crippen molar-refractivity contribution in [1.82, 2.24) is 5.43 Å². The van der Waals surface area contributed by atoms with Gasteiger partial charge in [0, 0.05) is 16.1 Å². The number of ether oxygens (including phenoxy) is 1. The average Bonchev–Trinajstić information content (AvgIpc) is 2.79. The lowest BCUT2D eigenvalue weighted by Crippen LogP contribution is -2.20.